The van der Waals surface area contributed by atoms with Gasteiger partial charge in [-0.2, -0.15) is 0 Å². The average molecular weight is 198 g/mol. The van der Waals surface area contributed by atoms with Crippen LogP contribution in [0.25, 0.3) is 0 Å². The molecule has 0 rings (SSSR count). The van der Waals surface area contributed by atoms with Crippen LogP contribution in [-0.2, 0) is 4.74 Å². The lowest BCUT2D eigenvalue weighted by molar-refractivity contribution is 0.0758. The summed E-state index contributed by atoms with van der Waals surface area (Å²) in [6, 6.07) is 0. The second kappa shape index (κ2) is 9.26. The minimum Gasteiger partial charge on any atom is -0.379 e. The Labute approximate surface area is 89.5 Å². The summed E-state index contributed by atoms with van der Waals surface area (Å²) in [5.74, 6) is 0.694. The van der Waals surface area contributed by atoms with Crippen LogP contribution in [0.3, 0.4) is 0 Å². The molecule has 0 atom stereocenters. The first-order valence-electron chi connectivity index (χ1n) is 5.91. The molecule has 0 aromatic rings. The molecule has 14 heavy (non-hydrogen) atoms. The van der Waals surface area contributed by atoms with Gasteiger partial charge in [-0.25, -0.2) is 0 Å². The molecular weight excluding hydrogens is 172 g/mol. The number of rotatable bonds is 8. The molecule has 1 heteroatoms. The van der Waals surface area contributed by atoms with Crippen LogP contribution in [0.1, 0.15) is 53.4 Å². The second-order valence-electron chi connectivity index (χ2n) is 4.44. The van der Waals surface area contributed by atoms with Crippen LogP contribution in [0.5, 0.6) is 0 Å². The smallest absolute Gasteiger partial charge is 0.0518 e. The van der Waals surface area contributed by atoms with Crippen molar-refractivity contribution in [2.45, 2.75) is 59.5 Å². The fraction of sp³-hybridized carbons (Fsp3) is 0.846. The van der Waals surface area contributed by atoms with Gasteiger partial charge in [0, 0.05) is 6.61 Å². The van der Waals surface area contributed by atoms with E-state index in [0.717, 1.165) is 6.61 Å². The average Bonchev–Trinajstić information content (AvgIpc) is 2.08. The Morgan fingerprint density at radius 1 is 1.00 bits per heavy atom. The van der Waals surface area contributed by atoms with E-state index in [-0.39, 0.29) is 0 Å². The van der Waals surface area contributed by atoms with E-state index in [4.69, 9.17) is 4.74 Å². The number of hydrogen-bond donors (Lipinski definition) is 0. The molecule has 0 aromatic carbocycles. The zero-order valence-corrected chi connectivity index (χ0v) is 10.3. The minimum atomic E-state index is 0.385. The summed E-state index contributed by atoms with van der Waals surface area (Å²) < 4.78 is 5.47. The van der Waals surface area contributed by atoms with Gasteiger partial charge in [0.15, 0.2) is 0 Å². The van der Waals surface area contributed by atoms with E-state index < -0.39 is 0 Å². The third kappa shape index (κ3) is 11.7. The standard InChI is InChI=1S/C13H26O/c1-12(2)10-8-6-5-7-9-11-14-13(3)4/h8,10,12-13H,5-7,9,11H2,1-4H3/b10-8+. The molecule has 84 valence electrons. The van der Waals surface area contributed by atoms with Crippen molar-refractivity contribution in [1.29, 1.82) is 0 Å². The van der Waals surface area contributed by atoms with Gasteiger partial charge in [-0.15, -0.1) is 0 Å². The molecule has 0 amide bonds. The minimum absolute atomic E-state index is 0.385. The third-order valence-corrected chi connectivity index (χ3v) is 1.99. The maximum atomic E-state index is 5.47. The molecule has 0 radical (unpaired) electrons. The fourth-order valence-corrected chi connectivity index (χ4v) is 1.23. The van der Waals surface area contributed by atoms with E-state index in [2.05, 4.69) is 39.8 Å². The van der Waals surface area contributed by atoms with Crippen LogP contribution in [-0.4, -0.2) is 12.7 Å². The Balaban J connectivity index is 3.06. The fourth-order valence-electron chi connectivity index (χ4n) is 1.23. The van der Waals surface area contributed by atoms with Gasteiger partial charge in [-0.1, -0.05) is 32.4 Å². The van der Waals surface area contributed by atoms with Crippen LogP contribution in [0.2, 0.25) is 0 Å². The maximum Gasteiger partial charge on any atom is 0.0518 e. The van der Waals surface area contributed by atoms with Crippen LogP contribution in [0, 0.1) is 5.92 Å². The molecule has 0 unspecified atom stereocenters. The maximum absolute atomic E-state index is 5.47. The Morgan fingerprint density at radius 3 is 2.29 bits per heavy atom. The highest BCUT2D eigenvalue weighted by Crippen LogP contribution is 2.03. The number of unbranched alkanes of at least 4 members (excludes halogenated alkanes) is 3. The van der Waals surface area contributed by atoms with Gasteiger partial charge in [0.1, 0.15) is 0 Å². The van der Waals surface area contributed by atoms with Crippen LogP contribution in [0.4, 0.5) is 0 Å². The first-order chi connectivity index (χ1) is 6.63. The van der Waals surface area contributed by atoms with Crippen LogP contribution in [0.15, 0.2) is 12.2 Å². The molecule has 0 aliphatic carbocycles. The summed E-state index contributed by atoms with van der Waals surface area (Å²) in [6.07, 6.45) is 9.97. The highest BCUT2D eigenvalue weighted by atomic mass is 16.5. The van der Waals surface area contributed by atoms with Gasteiger partial charge >= 0.3 is 0 Å². The predicted molar refractivity (Wildman–Crippen MR) is 63.5 cm³/mol. The Kier molecular flexibility index (Phi) is 9.06. The summed E-state index contributed by atoms with van der Waals surface area (Å²) in [5, 5.41) is 0. The molecule has 0 saturated heterocycles. The van der Waals surface area contributed by atoms with Gasteiger partial charge in [-0.05, 0) is 39.0 Å². The molecule has 0 N–H and O–H groups in total. The largest absolute Gasteiger partial charge is 0.379 e. The van der Waals surface area contributed by atoms with Crippen molar-refractivity contribution < 1.29 is 4.74 Å². The first kappa shape index (κ1) is 13.7. The SMILES string of the molecule is CC(C)/C=C/CCCCCOC(C)C. The van der Waals surface area contributed by atoms with E-state index in [1.54, 1.807) is 0 Å². The molecule has 0 heterocycles. The topological polar surface area (TPSA) is 9.23 Å². The van der Waals surface area contributed by atoms with Crippen molar-refractivity contribution in [3.63, 3.8) is 0 Å². The molecule has 0 bridgehead atoms. The Hall–Kier alpha value is -0.300. The molecule has 1 nitrogen and oxygen atoms in total. The van der Waals surface area contributed by atoms with Gasteiger partial charge in [-0.3, -0.25) is 0 Å². The van der Waals surface area contributed by atoms with Crippen molar-refractivity contribution in [2.75, 3.05) is 6.61 Å². The number of hydrogen-bond acceptors (Lipinski definition) is 1. The van der Waals surface area contributed by atoms with E-state index in [9.17, 15) is 0 Å². The zero-order chi connectivity index (χ0) is 10.8. The quantitative estimate of drug-likeness (QED) is 0.420. The van der Waals surface area contributed by atoms with Gasteiger partial charge in [0.05, 0.1) is 6.10 Å². The number of allylic oxidation sites excluding steroid dienone is 2. The normalized spacial score (nSPS) is 12.1. The van der Waals surface area contributed by atoms with E-state index >= 15 is 0 Å². The molecular formula is C13H26O. The van der Waals surface area contributed by atoms with Gasteiger partial charge < -0.3 is 4.74 Å². The molecule has 0 aromatic heterocycles. The summed E-state index contributed by atoms with van der Waals surface area (Å²) in [6.45, 7) is 9.53. The summed E-state index contributed by atoms with van der Waals surface area (Å²) in [5.41, 5.74) is 0. The van der Waals surface area contributed by atoms with E-state index in [0.29, 0.717) is 12.0 Å². The highest BCUT2D eigenvalue weighted by Gasteiger charge is 1.92. The summed E-state index contributed by atoms with van der Waals surface area (Å²) in [4.78, 5) is 0. The second-order valence-corrected chi connectivity index (χ2v) is 4.44. The first-order valence-corrected chi connectivity index (χ1v) is 5.91. The lowest BCUT2D eigenvalue weighted by atomic mass is 10.1. The Bertz CT molecular complexity index is 136. The van der Waals surface area contributed by atoms with Crippen molar-refractivity contribution in [1.82, 2.24) is 0 Å². The lowest BCUT2D eigenvalue weighted by Crippen LogP contribution is -2.03. The van der Waals surface area contributed by atoms with Gasteiger partial charge in [0.2, 0.25) is 0 Å². The number of ether oxygens (including phenoxy) is 1. The van der Waals surface area contributed by atoms with E-state index in [1.807, 2.05) is 0 Å². The van der Waals surface area contributed by atoms with Gasteiger partial charge in [0.25, 0.3) is 0 Å². The van der Waals surface area contributed by atoms with Crippen molar-refractivity contribution in [3.05, 3.63) is 12.2 Å². The zero-order valence-electron chi connectivity index (χ0n) is 10.3. The molecule has 0 aliphatic heterocycles. The molecule has 0 saturated carbocycles. The van der Waals surface area contributed by atoms with Crippen molar-refractivity contribution in [2.24, 2.45) is 5.92 Å². The monoisotopic (exact) mass is 198 g/mol. The van der Waals surface area contributed by atoms with E-state index in [1.165, 1.54) is 25.7 Å². The van der Waals surface area contributed by atoms with Crippen molar-refractivity contribution in [3.8, 4) is 0 Å². The molecule has 0 fully saturated rings. The lowest BCUT2D eigenvalue weighted by Gasteiger charge is -2.06. The predicted octanol–water partition coefficient (Wildman–Crippen LogP) is 4.18. The summed E-state index contributed by atoms with van der Waals surface area (Å²) in [7, 11) is 0. The Morgan fingerprint density at radius 2 is 1.71 bits per heavy atom. The highest BCUT2D eigenvalue weighted by molar-refractivity contribution is 4.83. The van der Waals surface area contributed by atoms with Crippen LogP contribution >= 0.6 is 0 Å². The third-order valence-electron chi connectivity index (χ3n) is 1.99. The molecule has 0 spiro atoms. The van der Waals surface area contributed by atoms with Crippen molar-refractivity contribution >= 4 is 0 Å². The molecule has 0 aliphatic rings. The summed E-state index contributed by atoms with van der Waals surface area (Å²) >= 11 is 0. The van der Waals surface area contributed by atoms with Crippen LogP contribution < -0.4 is 0 Å².